The first kappa shape index (κ1) is 16.7. The van der Waals surface area contributed by atoms with Crippen molar-refractivity contribution >= 4 is 5.97 Å². The van der Waals surface area contributed by atoms with Gasteiger partial charge in [0.25, 0.3) is 0 Å². The van der Waals surface area contributed by atoms with Crippen molar-refractivity contribution in [3.8, 4) is 0 Å². The normalized spacial score (nSPS) is 12.2. The second kappa shape index (κ2) is 8.78. The van der Waals surface area contributed by atoms with Gasteiger partial charge in [-0.15, -0.1) is 0 Å². The Kier molecular flexibility index (Phi) is 7.35. The molecule has 112 valence electrons. The molecule has 0 saturated heterocycles. The lowest BCUT2D eigenvalue weighted by atomic mass is 10.00. The molecule has 0 heterocycles. The summed E-state index contributed by atoms with van der Waals surface area (Å²) in [6.07, 6.45) is 5.04. The summed E-state index contributed by atoms with van der Waals surface area (Å²) >= 11 is 0. The number of benzene rings is 1. The van der Waals surface area contributed by atoms with Crippen LogP contribution in [0.4, 0.5) is 0 Å². The first-order valence-corrected chi connectivity index (χ1v) is 7.79. The minimum Gasteiger partial charge on any atom is -0.465 e. The van der Waals surface area contributed by atoms with E-state index in [0.29, 0.717) is 18.9 Å². The van der Waals surface area contributed by atoms with Gasteiger partial charge in [0.2, 0.25) is 0 Å². The van der Waals surface area contributed by atoms with Crippen molar-refractivity contribution in [2.75, 3.05) is 6.61 Å². The molecule has 0 N–H and O–H groups in total. The number of esters is 1. The quantitative estimate of drug-likeness (QED) is 0.648. The van der Waals surface area contributed by atoms with Gasteiger partial charge in [-0.1, -0.05) is 51.3 Å². The average Bonchev–Trinajstić information content (AvgIpc) is 2.44. The van der Waals surface area contributed by atoms with Gasteiger partial charge in [-0.05, 0) is 42.9 Å². The summed E-state index contributed by atoms with van der Waals surface area (Å²) in [6, 6.07) is 6.08. The molecule has 0 aromatic heterocycles. The first-order valence-electron chi connectivity index (χ1n) is 7.79. The Balaban J connectivity index is 2.45. The van der Waals surface area contributed by atoms with Crippen LogP contribution in [0.2, 0.25) is 0 Å². The predicted octanol–water partition coefficient (Wildman–Crippen LogP) is 4.61. The molecule has 0 bridgehead atoms. The van der Waals surface area contributed by atoms with Crippen molar-refractivity contribution in [1.82, 2.24) is 0 Å². The van der Waals surface area contributed by atoms with Gasteiger partial charge in [0.1, 0.15) is 0 Å². The molecular formula is C18H28O2. The van der Waals surface area contributed by atoms with Crippen LogP contribution in [0.3, 0.4) is 0 Å². The third-order valence-electron chi connectivity index (χ3n) is 4.07. The van der Waals surface area contributed by atoms with Gasteiger partial charge in [0, 0.05) is 0 Å². The van der Waals surface area contributed by atoms with Gasteiger partial charge in [0.15, 0.2) is 0 Å². The van der Waals surface area contributed by atoms with Crippen molar-refractivity contribution in [1.29, 1.82) is 0 Å². The molecule has 20 heavy (non-hydrogen) atoms. The van der Waals surface area contributed by atoms with Gasteiger partial charge >= 0.3 is 5.97 Å². The minimum atomic E-state index is -0.103. The number of hydrogen-bond donors (Lipinski definition) is 0. The molecule has 1 unspecified atom stereocenters. The van der Waals surface area contributed by atoms with Gasteiger partial charge in [-0.3, -0.25) is 4.79 Å². The zero-order chi connectivity index (χ0) is 15.0. The van der Waals surface area contributed by atoms with E-state index in [1.54, 1.807) is 0 Å². The van der Waals surface area contributed by atoms with Crippen molar-refractivity contribution in [3.63, 3.8) is 0 Å². The van der Waals surface area contributed by atoms with Crippen molar-refractivity contribution in [2.24, 2.45) is 5.92 Å². The third kappa shape index (κ3) is 5.36. The maximum atomic E-state index is 11.9. The maximum absolute atomic E-state index is 11.9. The summed E-state index contributed by atoms with van der Waals surface area (Å²) in [6.45, 7) is 9.06. The fourth-order valence-corrected chi connectivity index (χ4v) is 2.32. The van der Waals surface area contributed by atoms with E-state index in [9.17, 15) is 4.79 Å². The molecule has 1 aromatic carbocycles. The van der Waals surface area contributed by atoms with Crippen molar-refractivity contribution in [3.05, 3.63) is 34.9 Å². The van der Waals surface area contributed by atoms with E-state index in [0.717, 1.165) is 18.4 Å². The van der Waals surface area contributed by atoms with E-state index in [2.05, 4.69) is 33.8 Å². The van der Waals surface area contributed by atoms with Crippen LogP contribution in [-0.4, -0.2) is 12.6 Å². The van der Waals surface area contributed by atoms with Crippen LogP contribution in [0.5, 0.6) is 0 Å². The topological polar surface area (TPSA) is 26.3 Å². The fraction of sp³-hybridized carbons (Fsp3) is 0.611. The van der Waals surface area contributed by atoms with Crippen LogP contribution in [-0.2, 0) is 16.0 Å². The van der Waals surface area contributed by atoms with Gasteiger partial charge < -0.3 is 4.74 Å². The number of aryl methyl sites for hydroxylation is 1. The SMILES string of the molecule is CCCCC(CC)COC(=O)Cc1cccc(C)c1C. The van der Waals surface area contributed by atoms with E-state index in [1.807, 2.05) is 12.1 Å². The lowest BCUT2D eigenvalue weighted by Crippen LogP contribution is -2.16. The van der Waals surface area contributed by atoms with Crippen molar-refractivity contribution in [2.45, 2.75) is 59.8 Å². The Hall–Kier alpha value is -1.31. The highest BCUT2D eigenvalue weighted by Crippen LogP contribution is 2.16. The molecule has 1 aromatic rings. The molecule has 0 aliphatic heterocycles. The maximum Gasteiger partial charge on any atom is 0.310 e. The summed E-state index contributed by atoms with van der Waals surface area (Å²) < 4.78 is 5.45. The van der Waals surface area contributed by atoms with Crippen LogP contribution < -0.4 is 0 Å². The fourth-order valence-electron chi connectivity index (χ4n) is 2.32. The van der Waals surface area contributed by atoms with Crippen LogP contribution in [0.1, 0.15) is 56.2 Å². The third-order valence-corrected chi connectivity index (χ3v) is 4.07. The minimum absolute atomic E-state index is 0.103. The molecule has 0 fully saturated rings. The molecule has 1 atom stereocenters. The first-order chi connectivity index (χ1) is 9.58. The van der Waals surface area contributed by atoms with Crippen LogP contribution >= 0.6 is 0 Å². The van der Waals surface area contributed by atoms with Crippen molar-refractivity contribution < 1.29 is 9.53 Å². The Labute approximate surface area is 123 Å². The average molecular weight is 276 g/mol. The van der Waals surface area contributed by atoms with E-state index in [1.165, 1.54) is 24.0 Å². The Bertz CT molecular complexity index is 423. The number of hydrogen-bond acceptors (Lipinski definition) is 2. The number of ether oxygens (including phenoxy) is 1. The van der Waals surface area contributed by atoms with Gasteiger partial charge in [-0.2, -0.15) is 0 Å². The molecule has 0 saturated carbocycles. The molecule has 0 aliphatic rings. The van der Waals surface area contributed by atoms with E-state index >= 15 is 0 Å². The second-order valence-corrected chi connectivity index (χ2v) is 5.64. The number of unbranched alkanes of at least 4 members (excludes halogenated alkanes) is 1. The monoisotopic (exact) mass is 276 g/mol. The molecule has 0 amide bonds. The lowest BCUT2D eigenvalue weighted by Gasteiger charge is -2.15. The zero-order valence-electron chi connectivity index (χ0n) is 13.4. The lowest BCUT2D eigenvalue weighted by molar-refractivity contribution is -0.144. The highest BCUT2D eigenvalue weighted by atomic mass is 16.5. The van der Waals surface area contributed by atoms with Crippen LogP contribution in [0.25, 0.3) is 0 Å². The second-order valence-electron chi connectivity index (χ2n) is 5.64. The molecule has 1 rings (SSSR count). The van der Waals surface area contributed by atoms with E-state index in [4.69, 9.17) is 4.74 Å². The van der Waals surface area contributed by atoms with Crippen LogP contribution in [0.15, 0.2) is 18.2 Å². The number of carbonyl (C=O) groups is 1. The standard InChI is InChI=1S/C18H28O2/c1-5-7-10-16(6-2)13-20-18(19)12-17-11-8-9-14(3)15(17)4/h8-9,11,16H,5-7,10,12-13H2,1-4H3. The summed E-state index contributed by atoms with van der Waals surface area (Å²) in [4.78, 5) is 11.9. The highest BCUT2D eigenvalue weighted by molar-refractivity contribution is 5.73. The van der Waals surface area contributed by atoms with Crippen LogP contribution in [0, 0.1) is 19.8 Å². The predicted molar refractivity (Wildman–Crippen MR) is 83.9 cm³/mol. The van der Waals surface area contributed by atoms with Gasteiger partial charge in [-0.25, -0.2) is 0 Å². The molecular weight excluding hydrogens is 248 g/mol. The van der Waals surface area contributed by atoms with E-state index in [-0.39, 0.29) is 5.97 Å². The molecule has 2 heteroatoms. The number of rotatable bonds is 8. The molecule has 0 aliphatic carbocycles. The Morgan fingerprint density at radius 3 is 2.65 bits per heavy atom. The summed E-state index contributed by atoms with van der Waals surface area (Å²) in [5.41, 5.74) is 3.50. The Morgan fingerprint density at radius 1 is 1.25 bits per heavy atom. The smallest absolute Gasteiger partial charge is 0.310 e. The zero-order valence-corrected chi connectivity index (χ0v) is 13.4. The largest absolute Gasteiger partial charge is 0.465 e. The summed E-state index contributed by atoms with van der Waals surface area (Å²) in [5, 5.41) is 0. The van der Waals surface area contributed by atoms with Gasteiger partial charge in [0.05, 0.1) is 13.0 Å². The Morgan fingerprint density at radius 2 is 2.00 bits per heavy atom. The van der Waals surface area contributed by atoms with E-state index < -0.39 is 0 Å². The molecule has 0 radical (unpaired) electrons. The summed E-state index contributed by atoms with van der Waals surface area (Å²) in [7, 11) is 0. The number of carbonyl (C=O) groups excluding carboxylic acids is 1. The molecule has 0 spiro atoms. The summed E-state index contributed by atoms with van der Waals surface area (Å²) in [5.74, 6) is 0.408. The highest BCUT2D eigenvalue weighted by Gasteiger charge is 2.12. The molecule has 2 nitrogen and oxygen atoms in total.